The predicted octanol–water partition coefficient (Wildman–Crippen LogP) is 3.73. The third-order valence-corrected chi connectivity index (χ3v) is 3.46. The van der Waals surface area contributed by atoms with E-state index in [1.165, 1.54) is 25.3 Å². The summed E-state index contributed by atoms with van der Waals surface area (Å²) in [4.78, 5) is 14.8. The van der Waals surface area contributed by atoms with Gasteiger partial charge in [-0.2, -0.15) is 0 Å². The minimum absolute atomic E-state index is 0.0446. The number of rotatable bonds is 5. The average Bonchev–Trinajstić information content (AvgIpc) is 2.59. The fourth-order valence-corrected chi connectivity index (χ4v) is 2.33. The van der Waals surface area contributed by atoms with Gasteiger partial charge in [-0.15, -0.1) is 0 Å². The number of fused-ring (bicyclic) bond motifs is 1. The monoisotopic (exact) mass is 310 g/mol. The Morgan fingerprint density at radius 1 is 1.13 bits per heavy atom. The van der Waals surface area contributed by atoms with E-state index >= 15 is 0 Å². The molecule has 0 amide bonds. The first-order valence-corrected chi connectivity index (χ1v) is 6.97. The molecular formula is C17H14N2O4. The standard InChI is InChI=1S/C17H14N2O4/c1-22-15-8-7-14(19(20)21)10-16(15)23-11-13-5-2-4-12-6-3-9-18-17(12)13/h2-10H,11H2,1H3. The van der Waals surface area contributed by atoms with Gasteiger partial charge in [-0.05, 0) is 12.1 Å². The van der Waals surface area contributed by atoms with Gasteiger partial charge in [-0.3, -0.25) is 15.1 Å². The Morgan fingerprint density at radius 3 is 2.74 bits per heavy atom. The number of ether oxygens (including phenoxy) is 2. The fraction of sp³-hybridized carbons (Fsp3) is 0.118. The lowest BCUT2D eigenvalue weighted by Crippen LogP contribution is -2.00. The zero-order chi connectivity index (χ0) is 16.2. The van der Waals surface area contributed by atoms with Crippen LogP contribution < -0.4 is 9.47 Å². The molecule has 0 saturated carbocycles. The molecule has 0 radical (unpaired) electrons. The molecule has 0 atom stereocenters. The van der Waals surface area contributed by atoms with Gasteiger partial charge in [0.2, 0.25) is 0 Å². The van der Waals surface area contributed by atoms with Crippen LogP contribution in [0.5, 0.6) is 11.5 Å². The van der Waals surface area contributed by atoms with E-state index in [2.05, 4.69) is 4.98 Å². The quantitative estimate of drug-likeness (QED) is 0.530. The summed E-state index contributed by atoms with van der Waals surface area (Å²) in [5.74, 6) is 0.776. The number of nitro benzene ring substituents is 1. The lowest BCUT2D eigenvalue weighted by atomic mass is 10.1. The van der Waals surface area contributed by atoms with Gasteiger partial charge in [0.25, 0.3) is 5.69 Å². The lowest BCUT2D eigenvalue weighted by molar-refractivity contribution is -0.385. The molecule has 1 aromatic heterocycles. The van der Waals surface area contributed by atoms with E-state index in [1.54, 1.807) is 6.20 Å². The molecule has 1 heterocycles. The molecule has 2 aromatic carbocycles. The van der Waals surface area contributed by atoms with E-state index in [9.17, 15) is 10.1 Å². The van der Waals surface area contributed by atoms with Crippen molar-refractivity contribution in [1.82, 2.24) is 4.98 Å². The van der Waals surface area contributed by atoms with E-state index < -0.39 is 4.92 Å². The zero-order valence-electron chi connectivity index (χ0n) is 12.4. The topological polar surface area (TPSA) is 74.5 Å². The summed E-state index contributed by atoms with van der Waals surface area (Å²) in [6.45, 7) is 0.242. The van der Waals surface area contributed by atoms with Crippen LogP contribution in [0.4, 0.5) is 5.69 Å². The summed E-state index contributed by atoms with van der Waals surface area (Å²) in [5.41, 5.74) is 1.70. The van der Waals surface area contributed by atoms with Crippen molar-refractivity contribution in [2.24, 2.45) is 0 Å². The number of methoxy groups -OCH3 is 1. The highest BCUT2D eigenvalue weighted by Crippen LogP contribution is 2.32. The van der Waals surface area contributed by atoms with Gasteiger partial charge in [0.15, 0.2) is 11.5 Å². The largest absolute Gasteiger partial charge is 0.493 e. The van der Waals surface area contributed by atoms with Crippen LogP contribution in [0.25, 0.3) is 10.9 Å². The molecule has 3 aromatic rings. The fourth-order valence-electron chi connectivity index (χ4n) is 2.33. The van der Waals surface area contributed by atoms with Crippen LogP contribution >= 0.6 is 0 Å². The Morgan fingerprint density at radius 2 is 1.96 bits per heavy atom. The summed E-state index contributed by atoms with van der Waals surface area (Å²) in [7, 11) is 1.49. The number of para-hydroxylation sites is 1. The highest BCUT2D eigenvalue weighted by atomic mass is 16.6. The van der Waals surface area contributed by atoms with Crippen molar-refractivity contribution in [3.63, 3.8) is 0 Å². The second kappa shape index (κ2) is 6.31. The van der Waals surface area contributed by atoms with Crippen molar-refractivity contribution in [2.45, 2.75) is 6.61 Å². The third-order valence-electron chi connectivity index (χ3n) is 3.46. The van der Waals surface area contributed by atoms with Crippen molar-refractivity contribution in [2.75, 3.05) is 7.11 Å². The normalized spacial score (nSPS) is 10.5. The molecule has 0 aliphatic carbocycles. The molecule has 0 aliphatic rings. The van der Waals surface area contributed by atoms with Crippen LogP contribution in [0, 0.1) is 10.1 Å². The molecule has 3 rings (SSSR count). The third kappa shape index (κ3) is 3.06. The van der Waals surface area contributed by atoms with Crippen LogP contribution in [0.1, 0.15) is 5.56 Å². The van der Waals surface area contributed by atoms with Crippen molar-refractivity contribution in [3.8, 4) is 11.5 Å². The van der Waals surface area contributed by atoms with Crippen LogP contribution in [0.2, 0.25) is 0 Å². The van der Waals surface area contributed by atoms with Gasteiger partial charge in [-0.1, -0.05) is 24.3 Å². The van der Waals surface area contributed by atoms with E-state index in [1.807, 2.05) is 30.3 Å². The Labute approximate surface area is 132 Å². The van der Waals surface area contributed by atoms with Gasteiger partial charge in [0.1, 0.15) is 6.61 Å². The predicted molar refractivity (Wildman–Crippen MR) is 85.7 cm³/mol. The summed E-state index contributed by atoms with van der Waals surface area (Å²) in [6, 6.07) is 13.9. The second-order valence-corrected chi connectivity index (χ2v) is 4.87. The zero-order valence-corrected chi connectivity index (χ0v) is 12.4. The highest BCUT2D eigenvalue weighted by Gasteiger charge is 2.13. The van der Waals surface area contributed by atoms with Gasteiger partial charge < -0.3 is 9.47 Å². The molecule has 6 heteroatoms. The molecule has 0 aliphatic heterocycles. The van der Waals surface area contributed by atoms with E-state index in [4.69, 9.17) is 9.47 Å². The summed E-state index contributed by atoms with van der Waals surface area (Å²) in [5, 5.41) is 11.9. The Hall–Kier alpha value is -3.15. The van der Waals surface area contributed by atoms with Gasteiger partial charge >= 0.3 is 0 Å². The van der Waals surface area contributed by atoms with Crippen molar-refractivity contribution in [1.29, 1.82) is 0 Å². The number of hydrogen-bond donors (Lipinski definition) is 0. The number of hydrogen-bond acceptors (Lipinski definition) is 5. The number of non-ortho nitro benzene ring substituents is 1. The minimum atomic E-state index is -0.466. The second-order valence-electron chi connectivity index (χ2n) is 4.87. The van der Waals surface area contributed by atoms with Crippen molar-refractivity contribution in [3.05, 3.63) is 70.4 Å². The number of nitro groups is 1. The SMILES string of the molecule is COc1ccc([N+](=O)[O-])cc1OCc1cccc2cccnc12. The molecule has 116 valence electrons. The highest BCUT2D eigenvalue weighted by molar-refractivity contribution is 5.81. The summed E-state index contributed by atoms with van der Waals surface area (Å²) in [6.07, 6.45) is 1.72. The van der Waals surface area contributed by atoms with Crippen LogP contribution in [-0.4, -0.2) is 17.0 Å². The molecule has 0 N–H and O–H groups in total. The van der Waals surface area contributed by atoms with Gasteiger partial charge in [0.05, 0.1) is 23.6 Å². The van der Waals surface area contributed by atoms with Crippen LogP contribution in [-0.2, 0) is 6.61 Å². The van der Waals surface area contributed by atoms with Gasteiger partial charge in [-0.25, -0.2) is 0 Å². The lowest BCUT2D eigenvalue weighted by Gasteiger charge is -2.11. The Kier molecular flexibility index (Phi) is 4.05. The smallest absolute Gasteiger partial charge is 0.273 e. The summed E-state index contributed by atoms with van der Waals surface area (Å²) >= 11 is 0. The van der Waals surface area contributed by atoms with Crippen molar-refractivity contribution >= 4 is 16.6 Å². The molecule has 23 heavy (non-hydrogen) atoms. The van der Waals surface area contributed by atoms with Crippen LogP contribution in [0.15, 0.2) is 54.7 Å². The first kappa shape index (κ1) is 14.8. The molecular weight excluding hydrogens is 296 g/mol. The molecule has 0 saturated heterocycles. The minimum Gasteiger partial charge on any atom is -0.493 e. The first-order valence-electron chi connectivity index (χ1n) is 6.97. The Bertz CT molecular complexity index is 859. The molecule has 0 fully saturated rings. The molecule has 6 nitrogen and oxygen atoms in total. The number of pyridine rings is 1. The molecule has 0 unspecified atom stereocenters. The average molecular weight is 310 g/mol. The number of nitrogens with zero attached hydrogens (tertiary/aromatic N) is 2. The van der Waals surface area contributed by atoms with E-state index in [0.29, 0.717) is 11.5 Å². The van der Waals surface area contributed by atoms with E-state index in [0.717, 1.165) is 16.5 Å². The van der Waals surface area contributed by atoms with Crippen molar-refractivity contribution < 1.29 is 14.4 Å². The molecule has 0 spiro atoms. The first-order chi connectivity index (χ1) is 11.2. The summed E-state index contributed by atoms with van der Waals surface area (Å²) < 4.78 is 10.9. The van der Waals surface area contributed by atoms with Crippen LogP contribution in [0.3, 0.4) is 0 Å². The molecule has 0 bridgehead atoms. The van der Waals surface area contributed by atoms with E-state index in [-0.39, 0.29) is 12.3 Å². The Balaban J connectivity index is 1.90. The maximum Gasteiger partial charge on any atom is 0.273 e. The van der Waals surface area contributed by atoms with Gasteiger partial charge in [0, 0.05) is 23.2 Å². The maximum atomic E-state index is 10.9. The number of aromatic nitrogens is 1. The maximum absolute atomic E-state index is 10.9. The number of benzene rings is 2.